The summed E-state index contributed by atoms with van der Waals surface area (Å²) in [6.07, 6.45) is 3.65. The molecule has 1 fully saturated rings. The second kappa shape index (κ2) is 6.67. The second-order valence-corrected chi connectivity index (χ2v) is 8.13. The normalized spacial score (nSPS) is 21.4. The highest BCUT2D eigenvalue weighted by atomic mass is 32.1. The fourth-order valence-electron chi connectivity index (χ4n) is 3.74. The Labute approximate surface area is 146 Å². The van der Waals surface area contributed by atoms with Crippen molar-refractivity contribution < 1.29 is 4.79 Å². The molecule has 0 aliphatic carbocycles. The molecule has 2 aromatic heterocycles. The van der Waals surface area contributed by atoms with Crippen LogP contribution in [0.1, 0.15) is 48.8 Å². The van der Waals surface area contributed by atoms with Crippen LogP contribution in [0.25, 0.3) is 10.2 Å². The van der Waals surface area contributed by atoms with Gasteiger partial charge in [0.1, 0.15) is 4.83 Å². The first-order valence-corrected chi connectivity index (χ1v) is 9.51. The van der Waals surface area contributed by atoms with Crippen molar-refractivity contribution in [3.63, 3.8) is 0 Å². The van der Waals surface area contributed by atoms with Crippen molar-refractivity contribution in [1.29, 1.82) is 0 Å². The van der Waals surface area contributed by atoms with Crippen LogP contribution in [0, 0.1) is 18.8 Å². The molecule has 2 atom stereocenters. The van der Waals surface area contributed by atoms with Crippen molar-refractivity contribution in [2.45, 2.75) is 47.1 Å². The lowest BCUT2D eigenvalue weighted by Crippen LogP contribution is -2.42. The van der Waals surface area contributed by atoms with Gasteiger partial charge in [0.05, 0.1) is 16.6 Å². The predicted octanol–water partition coefficient (Wildman–Crippen LogP) is 3.29. The SMILES string of the molecule is CCCn1cnc2sc(C(=O)N3CC(C)CC(C)C3)c(C)c2c1=O. The average molecular weight is 347 g/mol. The largest absolute Gasteiger partial charge is 0.337 e. The summed E-state index contributed by atoms with van der Waals surface area (Å²) in [5, 5.41) is 0.609. The van der Waals surface area contributed by atoms with Crippen LogP contribution in [0.4, 0.5) is 0 Å². The Morgan fingerprint density at radius 3 is 2.62 bits per heavy atom. The van der Waals surface area contributed by atoms with E-state index in [1.807, 2.05) is 18.7 Å². The number of thiophene rings is 1. The van der Waals surface area contributed by atoms with Crippen LogP contribution in [-0.2, 0) is 6.54 Å². The van der Waals surface area contributed by atoms with E-state index in [4.69, 9.17) is 0 Å². The van der Waals surface area contributed by atoms with E-state index in [1.54, 1.807) is 10.9 Å². The third kappa shape index (κ3) is 2.99. The summed E-state index contributed by atoms with van der Waals surface area (Å²) >= 11 is 1.35. The fraction of sp³-hybridized carbons (Fsp3) is 0.611. The van der Waals surface area contributed by atoms with E-state index in [0.717, 1.165) is 25.1 Å². The lowest BCUT2D eigenvalue weighted by Gasteiger charge is -2.34. The van der Waals surface area contributed by atoms with Crippen LogP contribution >= 0.6 is 11.3 Å². The first-order chi connectivity index (χ1) is 11.4. The molecule has 3 rings (SSSR count). The minimum atomic E-state index is -0.0324. The monoisotopic (exact) mass is 347 g/mol. The number of hydrogen-bond acceptors (Lipinski definition) is 4. The molecule has 1 amide bonds. The molecule has 3 heterocycles. The molecular weight excluding hydrogens is 322 g/mol. The van der Waals surface area contributed by atoms with E-state index in [-0.39, 0.29) is 11.5 Å². The van der Waals surface area contributed by atoms with Crippen molar-refractivity contribution in [2.75, 3.05) is 13.1 Å². The number of rotatable bonds is 3. The number of likely N-dealkylation sites (tertiary alicyclic amines) is 1. The van der Waals surface area contributed by atoms with Crippen LogP contribution in [0.2, 0.25) is 0 Å². The van der Waals surface area contributed by atoms with Gasteiger partial charge in [0.2, 0.25) is 0 Å². The number of aryl methyl sites for hydroxylation is 2. The first-order valence-electron chi connectivity index (χ1n) is 8.70. The van der Waals surface area contributed by atoms with E-state index in [0.29, 0.717) is 33.5 Å². The predicted molar refractivity (Wildman–Crippen MR) is 97.8 cm³/mol. The zero-order valence-corrected chi connectivity index (χ0v) is 15.7. The summed E-state index contributed by atoms with van der Waals surface area (Å²) < 4.78 is 1.64. The smallest absolute Gasteiger partial charge is 0.264 e. The van der Waals surface area contributed by atoms with Gasteiger partial charge >= 0.3 is 0 Å². The molecule has 130 valence electrons. The fourth-order valence-corrected chi connectivity index (χ4v) is 4.84. The maximum atomic E-state index is 13.0. The first kappa shape index (κ1) is 17.1. The minimum Gasteiger partial charge on any atom is -0.337 e. The van der Waals surface area contributed by atoms with E-state index in [1.165, 1.54) is 17.8 Å². The van der Waals surface area contributed by atoms with Gasteiger partial charge in [-0.2, -0.15) is 0 Å². The van der Waals surface area contributed by atoms with Crippen LogP contribution in [0.3, 0.4) is 0 Å². The van der Waals surface area contributed by atoms with Gasteiger partial charge in [-0.25, -0.2) is 4.98 Å². The van der Waals surface area contributed by atoms with E-state index in [9.17, 15) is 9.59 Å². The Hall–Kier alpha value is -1.69. The van der Waals surface area contributed by atoms with Gasteiger partial charge in [-0.05, 0) is 37.2 Å². The Balaban J connectivity index is 2.01. The van der Waals surface area contributed by atoms with E-state index < -0.39 is 0 Å². The van der Waals surface area contributed by atoms with Gasteiger partial charge < -0.3 is 4.90 Å². The summed E-state index contributed by atoms with van der Waals surface area (Å²) in [7, 11) is 0. The zero-order valence-electron chi connectivity index (χ0n) is 14.8. The van der Waals surface area contributed by atoms with Gasteiger partial charge in [0, 0.05) is 19.6 Å². The Morgan fingerprint density at radius 1 is 1.33 bits per heavy atom. The van der Waals surface area contributed by atoms with Crippen LogP contribution in [-0.4, -0.2) is 33.4 Å². The summed E-state index contributed by atoms with van der Waals surface area (Å²) in [6.45, 7) is 10.5. The van der Waals surface area contributed by atoms with Crippen molar-refractivity contribution in [2.24, 2.45) is 11.8 Å². The van der Waals surface area contributed by atoms with Gasteiger partial charge in [0.25, 0.3) is 11.5 Å². The molecule has 2 aromatic rings. The lowest BCUT2D eigenvalue weighted by molar-refractivity contribution is 0.0627. The van der Waals surface area contributed by atoms with Crippen molar-refractivity contribution in [3.8, 4) is 0 Å². The summed E-state index contributed by atoms with van der Waals surface area (Å²) in [4.78, 5) is 33.4. The molecule has 5 nitrogen and oxygen atoms in total. The Morgan fingerprint density at radius 2 is 2.00 bits per heavy atom. The quantitative estimate of drug-likeness (QED) is 0.856. The van der Waals surface area contributed by atoms with Crippen molar-refractivity contribution in [1.82, 2.24) is 14.5 Å². The van der Waals surface area contributed by atoms with Gasteiger partial charge in [-0.3, -0.25) is 14.2 Å². The highest BCUT2D eigenvalue weighted by Gasteiger charge is 2.29. The van der Waals surface area contributed by atoms with E-state index in [2.05, 4.69) is 18.8 Å². The van der Waals surface area contributed by atoms with Gasteiger partial charge in [0.15, 0.2) is 0 Å². The number of carbonyl (C=O) groups excluding carboxylic acids is 1. The average Bonchev–Trinajstić information content (AvgIpc) is 2.86. The second-order valence-electron chi connectivity index (χ2n) is 7.14. The van der Waals surface area contributed by atoms with Crippen LogP contribution in [0.15, 0.2) is 11.1 Å². The Kier molecular flexibility index (Phi) is 4.76. The maximum Gasteiger partial charge on any atom is 0.264 e. The number of nitrogens with zero attached hydrogens (tertiary/aromatic N) is 3. The summed E-state index contributed by atoms with van der Waals surface area (Å²) in [6, 6.07) is 0. The number of aromatic nitrogens is 2. The molecule has 0 bridgehead atoms. The summed E-state index contributed by atoms with van der Waals surface area (Å²) in [5.41, 5.74) is 0.754. The number of hydrogen-bond donors (Lipinski definition) is 0. The van der Waals surface area contributed by atoms with Gasteiger partial charge in [-0.15, -0.1) is 11.3 Å². The number of carbonyl (C=O) groups is 1. The molecular formula is C18H25N3O2S. The number of amides is 1. The van der Waals surface area contributed by atoms with Crippen LogP contribution < -0.4 is 5.56 Å². The van der Waals surface area contributed by atoms with Crippen molar-refractivity contribution >= 4 is 27.5 Å². The molecule has 2 unspecified atom stereocenters. The molecule has 0 saturated carbocycles. The molecule has 1 aliphatic rings. The third-order valence-electron chi connectivity index (χ3n) is 4.73. The van der Waals surface area contributed by atoms with Gasteiger partial charge in [-0.1, -0.05) is 20.8 Å². The zero-order chi connectivity index (χ0) is 17.4. The standard InChI is InChI=1S/C18H25N3O2S/c1-5-6-20-10-19-16-14(17(20)22)13(4)15(24-16)18(23)21-8-11(2)7-12(3)9-21/h10-12H,5-9H2,1-4H3. The van der Waals surface area contributed by atoms with Crippen LogP contribution in [0.5, 0.6) is 0 Å². The third-order valence-corrected chi connectivity index (χ3v) is 5.92. The topological polar surface area (TPSA) is 55.2 Å². The molecule has 0 radical (unpaired) electrons. The molecule has 1 aliphatic heterocycles. The number of fused-ring (bicyclic) bond motifs is 1. The van der Waals surface area contributed by atoms with Crippen molar-refractivity contribution in [3.05, 3.63) is 27.1 Å². The van der Waals surface area contributed by atoms with E-state index >= 15 is 0 Å². The molecule has 6 heteroatoms. The highest BCUT2D eigenvalue weighted by molar-refractivity contribution is 7.20. The molecule has 0 spiro atoms. The minimum absolute atomic E-state index is 0.0324. The molecule has 0 aromatic carbocycles. The highest BCUT2D eigenvalue weighted by Crippen LogP contribution is 2.30. The lowest BCUT2D eigenvalue weighted by atomic mass is 9.92. The molecule has 0 N–H and O–H groups in total. The Bertz CT molecular complexity index is 814. The molecule has 24 heavy (non-hydrogen) atoms. The molecule has 1 saturated heterocycles. The maximum absolute atomic E-state index is 13.0. The summed E-state index contributed by atoms with van der Waals surface area (Å²) in [5.74, 6) is 1.09. The number of piperidine rings is 1.